The number of benzene rings is 3. The Labute approximate surface area is 238 Å². The molecular formula is C27H23Cl2N3O4S2. The lowest BCUT2D eigenvalue weighted by atomic mass is 10.2. The van der Waals surface area contributed by atoms with Crippen LogP contribution < -0.4 is 20.1 Å². The summed E-state index contributed by atoms with van der Waals surface area (Å²) in [5.41, 5.74) is 2.48. The molecule has 1 unspecified atom stereocenters. The molecule has 11 heteroatoms. The molecule has 0 aliphatic carbocycles. The Bertz CT molecular complexity index is 1460. The zero-order valence-electron chi connectivity index (χ0n) is 20.6. The van der Waals surface area contributed by atoms with Gasteiger partial charge in [0.1, 0.15) is 0 Å². The summed E-state index contributed by atoms with van der Waals surface area (Å²) < 4.78 is 10.5. The first-order valence-corrected chi connectivity index (χ1v) is 13.8. The van der Waals surface area contributed by atoms with E-state index in [9.17, 15) is 9.59 Å². The van der Waals surface area contributed by atoms with E-state index in [0.717, 1.165) is 10.5 Å². The fourth-order valence-electron chi connectivity index (χ4n) is 3.41. The summed E-state index contributed by atoms with van der Waals surface area (Å²) in [4.78, 5) is 30.8. The van der Waals surface area contributed by atoms with Crippen LogP contribution in [0.15, 0.2) is 70.9 Å². The summed E-state index contributed by atoms with van der Waals surface area (Å²) in [6.07, 6.45) is 0. The second-order valence-corrected chi connectivity index (χ2v) is 11.1. The normalized spacial score (nSPS) is 11.5. The predicted molar refractivity (Wildman–Crippen MR) is 155 cm³/mol. The second-order valence-electron chi connectivity index (χ2n) is 7.96. The number of hydrogen-bond acceptors (Lipinski definition) is 7. The maximum absolute atomic E-state index is 12.8. The Morgan fingerprint density at radius 1 is 0.947 bits per heavy atom. The van der Waals surface area contributed by atoms with Gasteiger partial charge in [-0.05, 0) is 67.6 Å². The van der Waals surface area contributed by atoms with Gasteiger partial charge in [0, 0.05) is 32.1 Å². The molecule has 1 atom stereocenters. The van der Waals surface area contributed by atoms with Crippen molar-refractivity contribution in [2.24, 2.45) is 0 Å². The summed E-state index contributed by atoms with van der Waals surface area (Å²) in [5, 5.41) is 8.69. The van der Waals surface area contributed by atoms with Gasteiger partial charge in [-0.25, -0.2) is 4.98 Å². The van der Waals surface area contributed by atoms with E-state index in [4.69, 9.17) is 32.7 Å². The quantitative estimate of drug-likeness (QED) is 0.197. The number of nitrogens with zero attached hydrogens (tertiary/aromatic N) is 1. The number of amides is 2. The highest BCUT2D eigenvalue weighted by Gasteiger charge is 2.17. The Kier molecular flexibility index (Phi) is 9.17. The SMILES string of the molecule is COc1ccc(C(=O)Nc2ccc(SC(C)C(=O)Nc3nc(-c4ccc(Cl)cc4Cl)cs3)cc2)cc1OC. The molecule has 4 rings (SSSR count). The van der Waals surface area contributed by atoms with Crippen LogP contribution in [0, 0.1) is 0 Å². The molecule has 0 aliphatic heterocycles. The topological polar surface area (TPSA) is 89.5 Å². The summed E-state index contributed by atoms with van der Waals surface area (Å²) in [6.45, 7) is 1.82. The molecule has 3 aromatic carbocycles. The van der Waals surface area contributed by atoms with Gasteiger partial charge in [0.2, 0.25) is 5.91 Å². The lowest BCUT2D eigenvalue weighted by Crippen LogP contribution is -2.22. The smallest absolute Gasteiger partial charge is 0.255 e. The molecule has 7 nitrogen and oxygen atoms in total. The number of rotatable bonds is 9. The molecule has 0 bridgehead atoms. The van der Waals surface area contributed by atoms with E-state index in [-0.39, 0.29) is 17.1 Å². The van der Waals surface area contributed by atoms with Crippen molar-refractivity contribution in [3.63, 3.8) is 0 Å². The van der Waals surface area contributed by atoms with Crippen molar-refractivity contribution in [2.45, 2.75) is 17.1 Å². The number of anilines is 2. The van der Waals surface area contributed by atoms with Crippen molar-refractivity contribution >= 4 is 68.9 Å². The summed E-state index contributed by atoms with van der Waals surface area (Å²) in [6, 6.07) is 17.4. The molecule has 0 spiro atoms. The molecular weight excluding hydrogens is 565 g/mol. The number of ether oxygens (including phenoxy) is 2. The van der Waals surface area contributed by atoms with Gasteiger partial charge in [-0.3, -0.25) is 9.59 Å². The third kappa shape index (κ3) is 6.79. The van der Waals surface area contributed by atoms with Crippen LogP contribution in [0.2, 0.25) is 10.0 Å². The van der Waals surface area contributed by atoms with Gasteiger partial charge in [0.15, 0.2) is 16.6 Å². The first-order valence-electron chi connectivity index (χ1n) is 11.3. The Hall–Kier alpha value is -3.24. The first-order chi connectivity index (χ1) is 18.3. The predicted octanol–water partition coefficient (Wildman–Crippen LogP) is 7.51. The number of carbonyl (C=O) groups excluding carboxylic acids is 2. The maximum atomic E-state index is 12.8. The standard InChI is InChI=1S/C27H23Cl2N3O4S2/c1-15(25(33)32-27-31-22(14-37-27)20-10-5-17(28)13-21(20)29)38-19-8-6-18(7-9-19)30-26(34)16-4-11-23(35-2)24(12-16)36-3/h4-15H,1-3H3,(H,30,34)(H,31,32,33). The highest BCUT2D eigenvalue weighted by atomic mass is 35.5. The average Bonchev–Trinajstić information content (AvgIpc) is 3.37. The number of nitrogens with one attached hydrogen (secondary N) is 2. The molecule has 0 aliphatic rings. The molecule has 38 heavy (non-hydrogen) atoms. The fraction of sp³-hybridized carbons (Fsp3) is 0.148. The second kappa shape index (κ2) is 12.5. The fourth-order valence-corrected chi connectivity index (χ4v) is 5.50. The van der Waals surface area contributed by atoms with E-state index >= 15 is 0 Å². The van der Waals surface area contributed by atoms with Gasteiger partial charge in [0.25, 0.3) is 5.91 Å². The molecule has 4 aromatic rings. The van der Waals surface area contributed by atoms with E-state index in [1.807, 2.05) is 24.4 Å². The van der Waals surface area contributed by atoms with Crippen LogP contribution in [0.25, 0.3) is 11.3 Å². The van der Waals surface area contributed by atoms with E-state index in [0.29, 0.717) is 43.6 Å². The monoisotopic (exact) mass is 587 g/mol. The van der Waals surface area contributed by atoms with Crippen LogP contribution in [0.3, 0.4) is 0 Å². The number of hydrogen-bond donors (Lipinski definition) is 2. The van der Waals surface area contributed by atoms with Crippen LogP contribution in [0.1, 0.15) is 17.3 Å². The Morgan fingerprint density at radius 3 is 2.37 bits per heavy atom. The van der Waals surface area contributed by atoms with Crippen molar-refractivity contribution in [1.29, 1.82) is 0 Å². The third-order valence-electron chi connectivity index (χ3n) is 5.38. The number of carbonyl (C=O) groups is 2. The van der Waals surface area contributed by atoms with E-state index in [1.165, 1.54) is 37.3 Å². The molecule has 0 saturated carbocycles. The minimum atomic E-state index is -0.381. The molecule has 2 amide bonds. The molecule has 0 radical (unpaired) electrons. The number of halogens is 2. The number of aromatic nitrogens is 1. The molecule has 1 aromatic heterocycles. The zero-order chi connectivity index (χ0) is 27.2. The molecule has 0 fully saturated rings. The molecule has 0 saturated heterocycles. The van der Waals surface area contributed by atoms with Gasteiger partial charge in [-0.1, -0.05) is 23.2 Å². The van der Waals surface area contributed by atoms with Crippen molar-refractivity contribution in [3.05, 3.63) is 81.7 Å². The van der Waals surface area contributed by atoms with Crippen molar-refractivity contribution in [1.82, 2.24) is 4.98 Å². The molecule has 196 valence electrons. The van der Waals surface area contributed by atoms with E-state index < -0.39 is 0 Å². The number of methoxy groups -OCH3 is 2. The van der Waals surface area contributed by atoms with Crippen LogP contribution in [0.5, 0.6) is 11.5 Å². The minimum Gasteiger partial charge on any atom is -0.493 e. The lowest BCUT2D eigenvalue weighted by Gasteiger charge is -2.12. The van der Waals surface area contributed by atoms with E-state index in [1.54, 1.807) is 48.5 Å². The Balaban J connectivity index is 1.33. The molecule has 2 N–H and O–H groups in total. The highest BCUT2D eigenvalue weighted by molar-refractivity contribution is 8.00. The van der Waals surface area contributed by atoms with Gasteiger partial charge in [0.05, 0.1) is 30.2 Å². The van der Waals surface area contributed by atoms with Crippen LogP contribution in [-0.2, 0) is 4.79 Å². The van der Waals surface area contributed by atoms with Crippen molar-refractivity contribution < 1.29 is 19.1 Å². The van der Waals surface area contributed by atoms with Crippen molar-refractivity contribution in [3.8, 4) is 22.8 Å². The molecule has 1 heterocycles. The number of thioether (sulfide) groups is 1. The largest absolute Gasteiger partial charge is 0.493 e. The van der Waals surface area contributed by atoms with Crippen LogP contribution >= 0.6 is 46.3 Å². The lowest BCUT2D eigenvalue weighted by molar-refractivity contribution is -0.115. The summed E-state index contributed by atoms with van der Waals surface area (Å²) >= 11 is 15.0. The third-order valence-corrected chi connectivity index (χ3v) is 7.80. The van der Waals surface area contributed by atoms with Gasteiger partial charge >= 0.3 is 0 Å². The van der Waals surface area contributed by atoms with Crippen LogP contribution in [0.4, 0.5) is 10.8 Å². The summed E-state index contributed by atoms with van der Waals surface area (Å²) in [7, 11) is 3.05. The van der Waals surface area contributed by atoms with Gasteiger partial charge < -0.3 is 20.1 Å². The van der Waals surface area contributed by atoms with E-state index in [2.05, 4.69) is 15.6 Å². The maximum Gasteiger partial charge on any atom is 0.255 e. The highest BCUT2D eigenvalue weighted by Crippen LogP contribution is 2.33. The van der Waals surface area contributed by atoms with Crippen molar-refractivity contribution in [2.75, 3.05) is 24.9 Å². The van der Waals surface area contributed by atoms with Crippen LogP contribution in [-0.4, -0.2) is 36.3 Å². The first kappa shape index (κ1) is 27.8. The summed E-state index contributed by atoms with van der Waals surface area (Å²) in [5.74, 6) is 0.567. The zero-order valence-corrected chi connectivity index (χ0v) is 23.7. The minimum absolute atomic E-state index is 0.177. The average molecular weight is 589 g/mol. The van der Waals surface area contributed by atoms with Gasteiger partial charge in [-0.2, -0.15) is 0 Å². The Morgan fingerprint density at radius 2 is 1.68 bits per heavy atom. The number of thiazole rings is 1. The van der Waals surface area contributed by atoms with Gasteiger partial charge in [-0.15, -0.1) is 23.1 Å².